The maximum absolute atomic E-state index is 12.7. The topological polar surface area (TPSA) is 63.3 Å². The summed E-state index contributed by atoms with van der Waals surface area (Å²) in [6.45, 7) is 0. The zero-order chi connectivity index (χ0) is 14.5. The van der Waals surface area contributed by atoms with Gasteiger partial charge < -0.3 is 5.11 Å². The number of benzene rings is 1. The van der Waals surface area contributed by atoms with Crippen LogP contribution in [0, 0.1) is 3.57 Å². The lowest BCUT2D eigenvalue weighted by Gasteiger charge is -2.02. The van der Waals surface area contributed by atoms with Crippen molar-refractivity contribution in [2.45, 2.75) is 6.18 Å². The summed E-state index contributed by atoms with van der Waals surface area (Å²) in [4.78, 5) is 0.0191. The minimum atomic E-state index is -4.63. The summed E-state index contributed by atoms with van der Waals surface area (Å²) in [6, 6.07) is 4.78. The van der Waals surface area contributed by atoms with Crippen molar-refractivity contribution in [2.24, 2.45) is 0 Å². The fraction of sp³-hybridized carbons (Fsp3) is 0.100. The number of aromatic nitrogens is 4. The highest BCUT2D eigenvalue weighted by molar-refractivity contribution is 14.1. The van der Waals surface area contributed by atoms with Crippen molar-refractivity contribution < 1.29 is 18.3 Å². The third kappa shape index (κ3) is 2.22. The average molecular weight is 412 g/mol. The lowest BCUT2D eigenvalue weighted by Crippen LogP contribution is -2.11. The van der Waals surface area contributed by atoms with Crippen molar-refractivity contribution in [1.29, 1.82) is 0 Å². The molecule has 0 fully saturated rings. The number of halogens is 4. The van der Waals surface area contributed by atoms with Gasteiger partial charge in [-0.2, -0.15) is 22.8 Å². The second-order valence-corrected chi connectivity index (χ2v) is 5.99. The van der Waals surface area contributed by atoms with Gasteiger partial charge in [0.25, 0.3) is 5.82 Å². The number of phenols is 1. The number of aromatic hydroxyl groups is 1. The number of hydrogen-bond acceptors (Lipinski definition) is 5. The van der Waals surface area contributed by atoms with Crippen LogP contribution in [0.4, 0.5) is 13.2 Å². The number of rotatable bonds is 1. The molecule has 104 valence electrons. The van der Waals surface area contributed by atoms with Crippen LogP contribution >= 0.6 is 33.9 Å². The molecule has 0 bridgehead atoms. The van der Waals surface area contributed by atoms with Crippen molar-refractivity contribution in [2.75, 3.05) is 0 Å². The van der Waals surface area contributed by atoms with E-state index in [0.717, 1.165) is 14.9 Å². The van der Waals surface area contributed by atoms with E-state index in [0.29, 0.717) is 10.1 Å². The highest BCUT2D eigenvalue weighted by Gasteiger charge is 2.38. The molecular formula is C10H4F3IN4OS. The molecule has 3 rings (SSSR count). The Morgan fingerprint density at radius 1 is 1.25 bits per heavy atom. The zero-order valence-electron chi connectivity index (χ0n) is 9.39. The van der Waals surface area contributed by atoms with Crippen molar-refractivity contribution in [3.05, 3.63) is 27.6 Å². The highest BCUT2D eigenvalue weighted by atomic mass is 127. The molecule has 20 heavy (non-hydrogen) atoms. The van der Waals surface area contributed by atoms with Gasteiger partial charge in [0.1, 0.15) is 5.75 Å². The Morgan fingerprint density at radius 3 is 2.70 bits per heavy atom. The molecule has 3 aromatic rings. The van der Waals surface area contributed by atoms with Crippen LogP contribution in [-0.2, 0) is 6.18 Å². The van der Waals surface area contributed by atoms with Crippen molar-refractivity contribution in [3.8, 4) is 16.3 Å². The molecule has 1 N–H and O–H groups in total. The van der Waals surface area contributed by atoms with Crippen molar-refractivity contribution >= 4 is 38.9 Å². The predicted octanol–water partition coefficient (Wildman–Crippen LogP) is 3.18. The van der Waals surface area contributed by atoms with E-state index in [2.05, 4.69) is 15.3 Å². The molecule has 0 saturated carbocycles. The van der Waals surface area contributed by atoms with E-state index in [4.69, 9.17) is 0 Å². The second kappa shape index (κ2) is 4.55. The van der Waals surface area contributed by atoms with Crippen LogP contribution in [0.5, 0.6) is 5.75 Å². The van der Waals surface area contributed by atoms with Crippen LogP contribution in [0.2, 0.25) is 0 Å². The van der Waals surface area contributed by atoms with Crippen LogP contribution in [0.1, 0.15) is 5.82 Å². The summed E-state index contributed by atoms with van der Waals surface area (Å²) in [5, 5.41) is 20.4. The molecule has 2 heterocycles. The summed E-state index contributed by atoms with van der Waals surface area (Å²) in [5.41, 5.74) is 0.362. The molecular weight excluding hydrogens is 408 g/mol. The molecule has 10 heteroatoms. The minimum absolute atomic E-state index is 0.0191. The van der Waals surface area contributed by atoms with E-state index in [1.165, 1.54) is 6.07 Å². The number of phenolic OH excluding ortho intramolecular Hbond substituents is 1. The van der Waals surface area contributed by atoms with E-state index in [1.807, 2.05) is 22.6 Å². The SMILES string of the molecule is Oc1ccc(I)cc1-c1nn2c(C(F)(F)F)nnc2s1. The third-order valence-electron chi connectivity index (χ3n) is 2.43. The first-order chi connectivity index (χ1) is 9.36. The Labute approximate surface area is 127 Å². The van der Waals surface area contributed by atoms with Gasteiger partial charge in [-0.15, -0.1) is 10.2 Å². The molecule has 0 aliphatic rings. The van der Waals surface area contributed by atoms with Gasteiger partial charge >= 0.3 is 6.18 Å². The molecule has 5 nitrogen and oxygen atoms in total. The van der Waals surface area contributed by atoms with Crippen molar-refractivity contribution in [3.63, 3.8) is 0 Å². The third-order valence-corrected chi connectivity index (χ3v) is 4.04. The Balaban J connectivity index is 2.19. The van der Waals surface area contributed by atoms with Gasteiger partial charge in [0.2, 0.25) is 4.96 Å². The van der Waals surface area contributed by atoms with Gasteiger partial charge in [0.15, 0.2) is 5.01 Å². The van der Waals surface area contributed by atoms with Crippen LogP contribution in [0.3, 0.4) is 0 Å². The standard InChI is InChI=1S/C10H4F3IN4OS/c11-10(12,13)8-15-16-9-18(8)17-7(20-9)5-3-4(14)1-2-6(5)19/h1-3,19H. The maximum atomic E-state index is 12.7. The number of fused-ring (bicyclic) bond motifs is 1. The van der Waals surface area contributed by atoms with E-state index >= 15 is 0 Å². The molecule has 2 aromatic heterocycles. The van der Waals surface area contributed by atoms with Gasteiger partial charge in [-0.1, -0.05) is 11.3 Å². The highest BCUT2D eigenvalue weighted by Crippen LogP contribution is 2.35. The van der Waals surface area contributed by atoms with Crippen LogP contribution < -0.4 is 0 Å². The molecule has 0 amide bonds. The molecule has 0 aliphatic carbocycles. The smallest absolute Gasteiger partial charge is 0.453 e. The van der Waals surface area contributed by atoms with Crippen LogP contribution in [0.15, 0.2) is 18.2 Å². The predicted molar refractivity (Wildman–Crippen MR) is 73.5 cm³/mol. The molecule has 0 saturated heterocycles. The van der Waals surface area contributed by atoms with Gasteiger partial charge in [-0.05, 0) is 40.8 Å². The Morgan fingerprint density at radius 2 is 2.00 bits per heavy atom. The molecule has 0 aliphatic heterocycles. The average Bonchev–Trinajstić information content (AvgIpc) is 2.89. The van der Waals surface area contributed by atoms with Gasteiger partial charge in [0, 0.05) is 3.57 Å². The molecule has 1 aromatic carbocycles. The van der Waals surface area contributed by atoms with Gasteiger partial charge in [0.05, 0.1) is 5.56 Å². The number of alkyl halides is 3. The Bertz CT molecular complexity index is 797. The monoisotopic (exact) mass is 412 g/mol. The molecule has 0 spiro atoms. The molecule has 0 radical (unpaired) electrons. The van der Waals surface area contributed by atoms with E-state index in [-0.39, 0.29) is 15.7 Å². The quantitative estimate of drug-likeness (QED) is 0.624. The first kappa shape index (κ1) is 13.5. The molecule has 0 unspecified atom stereocenters. The fourth-order valence-electron chi connectivity index (χ4n) is 1.58. The largest absolute Gasteiger partial charge is 0.507 e. The van der Waals surface area contributed by atoms with Crippen molar-refractivity contribution in [1.82, 2.24) is 19.8 Å². The Hall–Kier alpha value is -1.43. The second-order valence-electron chi connectivity index (χ2n) is 3.78. The van der Waals surface area contributed by atoms with Gasteiger partial charge in [-0.25, -0.2) is 0 Å². The first-order valence-electron chi connectivity index (χ1n) is 5.14. The lowest BCUT2D eigenvalue weighted by molar-refractivity contribution is -0.146. The lowest BCUT2D eigenvalue weighted by atomic mass is 10.2. The van der Waals surface area contributed by atoms with E-state index < -0.39 is 12.0 Å². The minimum Gasteiger partial charge on any atom is -0.507 e. The first-order valence-corrected chi connectivity index (χ1v) is 7.04. The summed E-state index contributed by atoms with van der Waals surface area (Å²) < 4.78 is 39.6. The summed E-state index contributed by atoms with van der Waals surface area (Å²) in [6.07, 6.45) is -4.63. The van der Waals surface area contributed by atoms with Crippen LogP contribution in [-0.4, -0.2) is 24.9 Å². The zero-order valence-corrected chi connectivity index (χ0v) is 12.4. The number of nitrogens with zero attached hydrogens (tertiary/aromatic N) is 4. The summed E-state index contributed by atoms with van der Waals surface area (Å²) in [7, 11) is 0. The van der Waals surface area contributed by atoms with Crippen LogP contribution in [0.25, 0.3) is 15.5 Å². The summed E-state index contributed by atoms with van der Waals surface area (Å²) >= 11 is 2.96. The number of hydrogen-bond donors (Lipinski definition) is 1. The maximum Gasteiger partial charge on any atom is 0.453 e. The van der Waals surface area contributed by atoms with E-state index in [9.17, 15) is 18.3 Å². The fourth-order valence-corrected chi connectivity index (χ4v) is 2.94. The van der Waals surface area contributed by atoms with E-state index in [1.54, 1.807) is 12.1 Å². The molecule has 0 atom stereocenters. The summed E-state index contributed by atoms with van der Waals surface area (Å²) in [5.74, 6) is -1.23. The normalized spacial score (nSPS) is 12.2. The Kier molecular flexibility index (Phi) is 3.08. The van der Waals surface area contributed by atoms with Gasteiger partial charge in [-0.3, -0.25) is 0 Å².